The minimum atomic E-state index is -1.89. The lowest BCUT2D eigenvalue weighted by Crippen LogP contribution is -2.37. The van der Waals surface area contributed by atoms with Gasteiger partial charge >= 0.3 is 8.56 Å². The second-order valence-corrected chi connectivity index (χ2v) is 6.80. The molecule has 0 unspecified atom stereocenters. The third kappa shape index (κ3) is 4.87. The van der Waals surface area contributed by atoms with Crippen LogP contribution in [0.25, 0.3) is 0 Å². The third-order valence-electron chi connectivity index (χ3n) is 1.87. The van der Waals surface area contributed by atoms with Gasteiger partial charge in [-0.15, -0.1) is 0 Å². The minimum Gasteiger partial charge on any atom is -0.398 e. The van der Waals surface area contributed by atoms with Crippen molar-refractivity contribution in [2.75, 3.05) is 20.8 Å². The normalized spacial score (nSPS) is 12.5. The van der Waals surface area contributed by atoms with Gasteiger partial charge in [0.25, 0.3) is 0 Å². The Balaban J connectivity index is 3.58. The number of rotatable bonds is 6. The van der Waals surface area contributed by atoms with E-state index in [1.807, 2.05) is 20.4 Å². The lowest BCUT2D eigenvalue weighted by atomic mass is 10.5. The summed E-state index contributed by atoms with van der Waals surface area (Å²) in [7, 11) is 1.51. The van der Waals surface area contributed by atoms with Gasteiger partial charge in [0.15, 0.2) is 0 Å². The van der Waals surface area contributed by atoms with E-state index in [0.29, 0.717) is 0 Å². The molecule has 3 nitrogen and oxygen atoms in total. The van der Waals surface area contributed by atoms with Gasteiger partial charge in [-0.05, 0) is 20.4 Å². The molecular weight excluding hydrogens is 172 g/mol. The van der Waals surface area contributed by atoms with Crippen LogP contribution in [0.2, 0.25) is 12.6 Å². The van der Waals surface area contributed by atoms with Crippen molar-refractivity contribution in [3.63, 3.8) is 0 Å². The van der Waals surface area contributed by atoms with E-state index >= 15 is 0 Å². The molecule has 0 saturated heterocycles. The van der Waals surface area contributed by atoms with Crippen LogP contribution < -0.4 is 0 Å². The quantitative estimate of drug-likeness (QED) is 0.600. The summed E-state index contributed by atoms with van der Waals surface area (Å²) in [4.78, 5) is 0. The van der Waals surface area contributed by atoms with Gasteiger partial charge in [0, 0.05) is 26.9 Å². The van der Waals surface area contributed by atoms with Crippen molar-refractivity contribution >= 4 is 8.56 Å². The number of hydrogen-bond donors (Lipinski definition) is 0. The predicted molar refractivity (Wildman–Crippen MR) is 51.5 cm³/mol. The first kappa shape index (κ1) is 12.1. The first-order valence-electron chi connectivity index (χ1n) is 4.26. The van der Waals surface area contributed by atoms with Crippen LogP contribution in [0.15, 0.2) is 0 Å². The van der Waals surface area contributed by atoms with Gasteiger partial charge in [-0.25, -0.2) is 0 Å². The maximum absolute atomic E-state index is 5.42. The Labute approximate surface area is 76.3 Å². The van der Waals surface area contributed by atoms with Crippen LogP contribution in [-0.4, -0.2) is 35.5 Å². The van der Waals surface area contributed by atoms with E-state index in [2.05, 4.69) is 0 Å². The van der Waals surface area contributed by atoms with Gasteiger partial charge in [0.2, 0.25) is 0 Å². The summed E-state index contributed by atoms with van der Waals surface area (Å²) in [6, 6.07) is 0.887. The zero-order valence-electron chi connectivity index (χ0n) is 8.72. The fourth-order valence-corrected chi connectivity index (χ4v) is 1.83. The van der Waals surface area contributed by atoms with Crippen LogP contribution in [0, 0.1) is 0 Å². The molecule has 0 heterocycles. The van der Waals surface area contributed by atoms with Crippen molar-refractivity contribution in [2.24, 2.45) is 0 Å². The summed E-state index contributed by atoms with van der Waals surface area (Å²) in [5.74, 6) is 0. The number of ether oxygens (including phenoxy) is 1. The lowest BCUT2D eigenvalue weighted by molar-refractivity contribution is 0.0833. The third-order valence-corrected chi connectivity index (χ3v) is 4.71. The first-order chi connectivity index (χ1) is 5.54. The minimum absolute atomic E-state index is 0.289. The molecule has 0 N–H and O–H groups in total. The summed E-state index contributed by atoms with van der Waals surface area (Å²) in [6.07, 6.45) is 0.289. The standard InChI is InChI=1S/C8H20O3Si/c1-8(2)11-6-7-12(5,9-3)10-4/h8H,6-7H2,1-5H3. The van der Waals surface area contributed by atoms with Gasteiger partial charge in [-0.3, -0.25) is 0 Å². The molecule has 0 radical (unpaired) electrons. The van der Waals surface area contributed by atoms with Crippen LogP contribution in [0.3, 0.4) is 0 Å². The molecule has 0 aromatic rings. The lowest BCUT2D eigenvalue weighted by Gasteiger charge is -2.22. The maximum atomic E-state index is 5.42. The highest BCUT2D eigenvalue weighted by Gasteiger charge is 2.28. The van der Waals surface area contributed by atoms with Gasteiger partial charge in [-0.2, -0.15) is 0 Å². The Hall–Kier alpha value is 0.0969. The molecule has 0 aromatic carbocycles. The van der Waals surface area contributed by atoms with Crippen LogP contribution >= 0.6 is 0 Å². The van der Waals surface area contributed by atoms with Crippen molar-refractivity contribution in [3.05, 3.63) is 0 Å². The van der Waals surface area contributed by atoms with Gasteiger partial charge in [-0.1, -0.05) is 0 Å². The van der Waals surface area contributed by atoms with Gasteiger partial charge in [0.1, 0.15) is 0 Å². The Morgan fingerprint density at radius 1 is 1.17 bits per heavy atom. The monoisotopic (exact) mass is 192 g/mol. The van der Waals surface area contributed by atoms with Crippen molar-refractivity contribution in [1.82, 2.24) is 0 Å². The Kier molecular flexibility index (Phi) is 5.74. The van der Waals surface area contributed by atoms with Crippen LogP contribution in [0.5, 0.6) is 0 Å². The van der Waals surface area contributed by atoms with E-state index in [4.69, 9.17) is 13.6 Å². The van der Waals surface area contributed by atoms with E-state index < -0.39 is 8.56 Å². The van der Waals surface area contributed by atoms with Gasteiger partial charge in [0.05, 0.1) is 6.10 Å². The van der Waals surface area contributed by atoms with E-state index in [-0.39, 0.29) is 6.10 Å². The largest absolute Gasteiger partial charge is 0.398 e. The van der Waals surface area contributed by atoms with Crippen LogP contribution in [0.4, 0.5) is 0 Å². The zero-order chi connectivity index (χ0) is 9.61. The van der Waals surface area contributed by atoms with E-state index in [9.17, 15) is 0 Å². The molecule has 0 aliphatic heterocycles. The van der Waals surface area contributed by atoms with Gasteiger partial charge < -0.3 is 13.6 Å². The molecular formula is C8H20O3Si. The molecule has 74 valence electrons. The fourth-order valence-electron chi connectivity index (χ4n) is 0.767. The Bertz CT molecular complexity index is 113. The molecule has 12 heavy (non-hydrogen) atoms. The molecule has 0 aliphatic carbocycles. The summed E-state index contributed by atoms with van der Waals surface area (Å²) in [5.41, 5.74) is 0. The molecule has 0 rings (SSSR count). The molecule has 0 bridgehead atoms. The molecule has 0 amide bonds. The summed E-state index contributed by atoms with van der Waals surface area (Å²) >= 11 is 0. The molecule has 4 heteroatoms. The van der Waals surface area contributed by atoms with E-state index in [1.165, 1.54) is 0 Å². The predicted octanol–water partition coefficient (Wildman–Crippen LogP) is 1.78. The van der Waals surface area contributed by atoms with Crippen molar-refractivity contribution in [1.29, 1.82) is 0 Å². The summed E-state index contributed by atoms with van der Waals surface area (Å²) in [5, 5.41) is 0. The Morgan fingerprint density at radius 3 is 2.00 bits per heavy atom. The highest BCUT2D eigenvalue weighted by molar-refractivity contribution is 6.65. The SMILES string of the molecule is CO[Si](C)(CCOC(C)C)OC. The van der Waals surface area contributed by atoms with E-state index in [0.717, 1.165) is 12.7 Å². The van der Waals surface area contributed by atoms with E-state index in [1.54, 1.807) is 14.2 Å². The topological polar surface area (TPSA) is 27.7 Å². The van der Waals surface area contributed by atoms with Crippen LogP contribution in [0.1, 0.15) is 13.8 Å². The molecule has 0 atom stereocenters. The smallest absolute Gasteiger partial charge is 0.336 e. The van der Waals surface area contributed by atoms with Crippen molar-refractivity contribution < 1.29 is 13.6 Å². The van der Waals surface area contributed by atoms with Crippen molar-refractivity contribution in [2.45, 2.75) is 32.5 Å². The average Bonchev–Trinajstić information content (AvgIpc) is 2.03. The fraction of sp³-hybridized carbons (Fsp3) is 1.00. The second-order valence-electron chi connectivity index (χ2n) is 3.21. The molecule has 0 aliphatic rings. The first-order valence-corrected chi connectivity index (χ1v) is 6.78. The highest BCUT2D eigenvalue weighted by atomic mass is 28.4. The zero-order valence-corrected chi connectivity index (χ0v) is 9.72. The Morgan fingerprint density at radius 2 is 1.67 bits per heavy atom. The molecule has 0 fully saturated rings. The number of hydrogen-bond acceptors (Lipinski definition) is 3. The average molecular weight is 192 g/mol. The molecule has 0 aromatic heterocycles. The van der Waals surface area contributed by atoms with Crippen LogP contribution in [-0.2, 0) is 13.6 Å². The summed E-state index contributed by atoms with van der Waals surface area (Å²) in [6.45, 7) is 6.82. The maximum Gasteiger partial charge on any atom is 0.336 e. The molecule has 0 saturated carbocycles. The van der Waals surface area contributed by atoms with Crippen molar-refractivity contribution in [3.8, 4) is 0 Å². The highest BCUT2D eigenvalue weighted by Crippen LogP contribution is 2.11. The second kappa shape index (κ2) is 5.69. The molecule has 0 spiro atoms. The summed E-state index contributed by atoms with van der Waals surface area (Å²) < 4.78 is 16.0.